The average Bonchev–Trinajstić information content (AvgIpc) is 2.61. The highest BCUT2D eigenvalue weighted by Gasteiger charge is 2.32. The van der Waals surface area contributed by atoms with Gasteiger partial charge in [-0.15, -0.1) is 0 Å². The first kappa shape index (κ1) is 12.7. The highest BCUT2D eigenvalue weighted by atomic mass is 16.5. The Bertz CT molecular complexity index is 456. The van der Waals surface area contributed by atoms with Crippen LogP contribution in [0.5, 0.6) is 11.5 Å². The van der Waals surface area contributed by atoms with E-state index in [1.807, 2.05) is 0 Å². The third-order valence-corrected chi connectivity index (χ3v) is 2.96. The zero-order chi connectivity index (χ0) is 13.2. The van der Waals surface area contributed by atoms with Gasteiger partial charge in [-0.3, -0.25) is 0 Å². The molecule has 0 aliphatic carbocycles. The number of fused-ring (bicyclic) bond motifs is 1. The van der Waals surface area contributed by atoms with Gasteiger partial charge in [0, 0.05) is 6.42 Å². The maximum atomic E-state index is 11.7. The molecule has 1 aliphatic heterocycles. The van der Waals surface area contributed by atoms with E-state index in [0.717, 1.165) is 6.42 Å². The summed E-state index contributed by atoms with van der Waals surface area (Å²) < 4.78 is 15.8. The first-order valence-corrected chi connectivity index (χ1v) is 5.83. The summed E-state index contributed by atoms with van der Waals surface area (Å²) in [6, 6.07) is 5.26. The van der Waals surface area contributed by atoms with Crippen molar-refractivity contribution < 1.29 is 19.0 Å². The van der Waals surface area contributed by atoms with Gasteiger partial charge in [-0.25, -0.2) is 4.79 Å². The molecular formula is C13H17NO4. The zero-order valence-corrected chi connectivity index (χ0v) is 10.6. The van der Waals surface area contributed by atoms with Gasteiger partial charge in [0.15, 0.2) is 11.5 Å². The number of hydrogen-bond acceptors (Lipinski definition) is 5. The quantitative estimate of drug-likeness (QED) is 0.799. The van der Waals surface area contributed by atoms with Crippen LogP contribution in [0.3, 0.4) is 0 Å². The van der Waals surface area contributed by atoms with Crippen molar-refractivity contribution in [1.29, 1.82) is 0 Å². The van der Waals surface area contributed by atoms with E-state index < -0.39 is 11.5 Å². The van der Waals surface area contributed by atoms with Crippen LogP contribution >= 0.6 is 0 Å². The predicted molar refractivity (Wildman–Crippen MR) is 65.6 cm³/mol. The van der Waals surface area contributed by atoms with Gasteiger partial charge in [0.2, 0.25) is 0 Å². The summed E-state index contributed by atoms with van der Waals surface area (Å²) in [5, 5.41) is 0. The molecule has 98 valence electrons. The summed E-state index contributed by atoms with van der Waals surface area (Å²) in [4.78, 5) is 11.7. The monoisotopic (exact) mass is 251 g/mol. The Morgan fingerprint density at radius 1 is 1.33 bits per heavy atom. The fraction of sp³-hybridized carbons (Fsp3) is 0.462. The molecule has 2 rings (SSSR count). The molecular weight excluding hydrogens is 234 g/mol. The summed E-state index contributed by atoms with van der Waals surface area (Å²) in [6.45, 7) is 2.83. The van der Waals surface area contributed by atoms with E-state index in [1.54, 1.807) is 25.1 Å². The van der Waals surface area contributed by atoms with Crippen molar-refractivity contribution >= 4 is 5.97 Å². The van der Waals surface area contributed by atoms with Crippen molar-refractivity contribution in [2.45, 2.75) is 18.9 Å². The van der Waals surface area contributed by atoms with E-state index in [9.17, 15) is 4.79 Å². The number of carbonyl (C=O) groups excluding carboxylic acids is 1. The molecule has 5 nitrogen and oxygen atoms in total. The predicted octanol–water partition coefficient (Wildman–Crippen LogP) is 1.19. The van der Waals surface area contributed by atoms with Gasteiger partial charge < -0.3 is 19.9 Å². The molecule has 1 aromatic carbocycles. The molecule has 0 spiro atoms. The lowest BCUT2D eigenvalue weighted by Crippen LogP contribution is -2.42. The Hall–Kier alpha value is -1.75. The summed E-state index contributed by atoms with van der Waals surface area (Å²) >= 11 is 0. The largest absolute Gasteiger partial charge is 0.490 e. The number of benzene rings is 1. The minimum atomic E-state index is -1.19. The Balaban J connectivity index is 2.36. The third-order valence-electron chi connectivity index (χ3n) is 2.96. The van der Waals surface area contributed by atoms with Crippen LogP contribution in [0.1, 0.15) is 18.9 Å². The smallest absolute Gasteiger partial charge is 0.330 e. The maximum Gasteiger partial charge on any atom is 0.330 e. The molecule has 1 unspecified atom stereocenters. The average molecular weight is 251 g/mol. The normalized spacial score (nSPS) is 17.5. The van der Waals surface area contributed by atoms with Gasteiger partial charge in [0.25, 0.3) is 0 Å². The van der Waals surface area contributed by atoms with E-state index >= 15 is 0 Å². The molecule has 0 radical (unpaired) electrons. The minimum absolute atomic E-state index is 0.489. The standard InChI is InChI=1S/C13H17NO4/c1-13(14,12(15)16-2)9-4-5-10-11(8-9)18-7-3-6-17-10/h4-5,8H,3,6-7,14H2,1-2H3. The molecule has 1 atom stereocenters. The number of carbonyl (C=O) groups is 1. The van der Waals surface area contributed by atoms with Crippen LogP contribution in [0, 0.1) is 0 Å². The van der Waals surface area contributed by atoms with E-state index in [2.05, 4.69) is 0 Å². The molecule has 2 N–H and O–H groups in total. The van der Waals surface area contributed by atoms with E-state index in [4.69, 9.17) is 19.9 Å². The van der Waals surface area contributed by atoms with Crippen molar-refractivity contribution in [2.24, 2.45) is 5.73 Å². The van der Waals surface area contributed by atoms with E-state index in [1.165, 1.54) is 7.11 Å². The molecule has 0 fully saturated rings. The van der Waals surface area contributed by atoms with Crippen molar-refractivity contribution in [2.75, 3.05) is 20.3 Å². The first-order valence-electron chi connectivity index (χ1n) is 5.83. The van der Waals surface area contributed by atoms with E-state index in [0.29, 0.717) is 30.3 Å². The van der Waals surface area contributed by atoms with Gasteiger partial charge in [-0.2, -0.15) is 0 Å². The van der Waals surface area contributed by atoms with Gasteiger partial charge in [0.05, 0.1) is 20.3 Å². The Kier molecular flexibility index (Phi) is 3.43. The molecule has 0 saturated heterocycles. The topological polar surface area (TPSA) is 70.8 Å². The zero-order valence-electron chi connectivity index (χ0n) is 10.6. The van der Waals surface area contributed by atoms with Crippen LogP contribution in [-0.4, -0.2) is 26.3 Å². The Labute approximate surface area is 106 Å². The number of methoxy groups -OCH3 is 1. The molecule has 5 heteroatoms. The Morgan fingerprint density at radius 2 is 2.00 bits per heavy atom. The van der Waals surface area contributed by atoms with E-state index in [-0.39, 0.29) is 0 Å². The third kappa shape index (κ3) is 2.26. The van der Waals surface area contributed by atoms with Gasteiger partial charge in [-0.05, 0) is 24.6 Å². The lowest BCUT2D eigenvalue weighted by Gasteiger charge is -2.22. The molecule has 18 heavy (non-hydrogen) atoms. The molecule has 0 bridgehead atoms. The highest BCUT2D eigenvalue weighted by molar-refractivity contribution is 5.82. The van der Waals surface area contributed by atoms with Crippen LogP contribution in [0.2, 0.25) is 0 Å². The number of nitrogens with two attached hydrogens (primary N) is 1. The maximum absolute atomic E-state index is 11.7. The van der Waals surface area contributed by atoms with Gasteiger partial charge >= 0.3 is 5.97 Å². The fourth-order valence-corrected chi connectivity index (χ4v) is 1.82. The first-order chi connectivity index (χ1) is 8.55. The molecule has 1 heterocycles. The summed E-state index contributed by atoms with van der Waals surface area (Å²) in [6.07, 6.45) is 0.834. The van der Waals surface area contributed by atoms with Gasteiger partial charge in [-0.1, -0.05) is 6.07 Å². The summed E-state index contributed by atoms with van der Waals surface area (Å²) in [7, 11) is 1.32. The molecule has 1 aliphatic rings. The van der Waals surface area contributed by atoms with Gasteiger partial charge in [0.1, 0.15) is 5.54 Å². The second-order valence-electron chi connectivity index (χ2n) is 4.41. The number of esters is 1. The number of rotatable bonds is 2. The van der Waals surface area contributed by atoms with Crippen LogP contribution < -0.4 is 15.2 Å². The van der Waals surface area contributed by atoms with Crippen molar-refractivity contribution in [3.8, 4) is 11.5 Å². The second-order valence-corrected chi connectivity index (χ2v) is 4.41. The van der Waals surface area contributed by atoms with Crippen LogP contribution in [-0.2, 0) is 15.1 Å². The molecule has 0 aromatic heterocycles. The summed E-state index contributed by atoms with van der Waals surface area (Å²) in [5.41, 5.74) is 5.44. The highest BCUT2D eigenvalue weighted by Crippen LogP contribution is 2.33. The second kappa shape index (κ2) is 4.86. The van der Waals surface area contributed by atoms with Crippen molar-refractivity contribution in [1.82, 2.24) is 0 Å². The Morgan fingerprint density at radius 3 is 2.67 bits per heavy atom. The SMILES string of the molecule is COC(=O)C(C)(N)c1ccc2c(c1)OCCCO2. The van der Waals surface area contributed by atoms with Crippen LogP contribution in [0.4, 0.5) is 0 Å². The molecule has 0 amide bonds. The minimum Gasteiger partial charge on any atom is -0.490 e. The lowest BCUT2D eigenvalue weighted by molar-refractivity contribution is -0.146. The van der Waals surface area contributed by atoms with Crippen LogP contribution in [0.25, 0.3) is 0 Å². The van der Waals surface area contributed by atoms with Crippen LogP contribution in [0.15, 0.2) is 18.2 Å². The number of hydrogen-bond donors (Lipinski definition) is 1. The summed E-state index contributed by atoms with van der Waals surface area (Å²) in [5.74, 6) is 0.805. The molecule has 1 aromatic rings. The lowest BCUT2D eigenvalue weighted by atomic mass is 9.93. The molecule has 0 saturated carbocycles. The van der Waals surface area contributed by atoms with Crippen molar-refractivity contribution in [3.63, 3.8) is 0 Å². The van der Waals surface area contributed by atoms with Crippen molar-refractivity contribution in [3.05, 3.63) is 23.8 Å². The number of ether oxygens (including phenoxy) is 3. The fourth-order valence-electron chi connectivity index (χ4n) is 1.82.